The van der Waals surface area contributed by atoms with Gasteiger partial charge in [-0.25, -0.2) is 0 Å². The summed E-state index contributed by atoms with van der Waals surface area (Å²) >= 11 is 0. The Hall–Kier alpha value is -1.02. The molecule has 0 radical (unpaired) electrons. The van der Waals surface area contributed by atoms with Crippen LogP contribution in [0.3, 0.4) is 0 Å². The maximum absolute atomic E-state index is 5.77. The molecule has 1 saturated heterocycles. The smallest absolute Gasteiger partial charge is 0.193 e. The summed E-state index contributed by atoms with van der Waals surface area (Å²) in [5.74, 6) is 2.62. The molecule has 0 saturated carbocycles. The van der Waals surface area contributed by atoms with E-state index in [0.717, 1.165) is 43.9 Å². The van der Waals surface area contributed by atoms with Crippen LogP contribution in [0.15, 0.2) is 29.3 Å². The van der Waals surface area contributed by atoms with Crippen LogP contribution in [0.5, 0.6) is 5.75 Å². The number of ether oxygens (including phenoxy) is 2. The first-order chi connectivity index (χ1) is 11.7. The summed E-state index contributed by atoms with van der Waals surface area (Å²) in [6.45, 7) is 6.28. The van der Waals surface area contributed by atoms with Crippen LogP contribution in [0.2, 0.25) is 0 Å². The fourth-order valence-corrected chi connectivity index (χ4v) is 2.94. The van der Waals surface area contributed by atoms with Gasteiger partial charge in [-0.2, -0.15) is 0 Å². The lowest BCUT2D eigenvalue weighted by Crippen LogP contribution is -2.41. The highest BCUT2D eigenvalue weighted by molar-refractivity contribution is 14.0. The fraction of sp³-hybridized carbons (Fsp3) is 0.632. The number of benzene rings is 1. The van der Waals surface area contributed by atoms with E-state index in [2.05, 4.69) is 41.3 Å². The minimum atomic E-state index is 0. The number of nitrogens with zero attached hydrogens (tertiary/aromatic N) is 2. The van der Waals surface area contributed by atoms with E-state index >= 15 is 0 Å². The van der Waals surface area contributed by atoms with Crippen molar-refractivity contribution in [1.82, 2.24) is 10.2 Å². The number of nitrogens with one attached hydrogen (secondary N) is 1. The molecule has 0 unspecified atom stereocenters. The van der Waals surface area contributed by atoms with Gasteiger partial charge in [-0.05, 0) is 49.8 Å². The van der Waals surface area contributed by atoms with Gasteiger partial charge in [-0.15, -0.1) is 24.0 Å². The molecule has 142 valence electrons. The molecule has 25 heavy (non-hydrogen) atoms. The minimum Gasteiger partial charge on any atom is -0.492 e. The average Bonchev–Trinajstić information content (AvgIpc) is 2.61. The monoisotopic (exact) mass is 461 g/mol. The Kier molecular flexibility index (Phi) is 10.9. The van der Waals surface area contributed by atoms with Crippen molar-refractivity contribution in [2.24, 2.45) is 10.9 Å². The van der Waals surface area contributed by atoms with E-state index in [1.807, 2.05) is 19.2 Å². The Morgan fingerprint density at radius 2 is 2.12 bits per heavy atom. The second-order valence-electron chi connectivity index (χ2n) is 6.40. The predicted octanol–water partition coefficient (Wildman–Crippen LogP) is 3.32. The van der Waals surface area contributed by atoms with Gasteiger partial charge >= 0.3 is 0 Å². The van der Waals surface area contributed by atoms with Crippen LogP contribution in [0, 0.1) is 12.8 Å². The highest BCUT2D eigenvalue weighted by Gasteiger charge is 2.15. The normalized spacial score (nSPS) is 15.4. The maximum Gasteiger partial charge on any atom is 0.193 e. The molecule has 2 rings (SSSR count). The molecule has 1 aromatic carbocycles. The zero-order valence-corrected chi connectivity index (χ0v) is 18.0. The van der Waals surface area contributed by atoms with E-state index in [-0.39, 0.29) is 24.0 Å². The van der Waals surface area contributed by atoms with E-state index in [1.165, 1.54) is 24.8 Å². The van der Waals surface area contributed by atoms with Crippen molar-refractivity contribution in [3.63, 3.8) is 0 Å². The second kappa shape index (κ2) is 12.4. The SMILES string of the molecule is CN=C(NCCOc1cccc(C)c1)N(C)CCC1CCOCC1.I. The molecule has 0 aliphatic carbocycles. The van der Waals surface area contributed by atoms with Crippen LogP contribution >= 0.6 is 24.0 Å². The lowest BCUT2D eigenvalue weighted by molar-refractivity contribution is 0.0625. The first kappa shape index (κ1) is 22.0. The van der Waals surface area contributed by atoms with Gasteiger partial charge in [0.05, 0.1) is 6.54 Å². The van der Waals surface area contributed by atoms with Gasteiger partial charge in [-0.3, -0.25) is 4.99 Å². The van der Waals surface area contributed by atoms with Crippen LogP contribution < -0.4 is 10.1 Å². The molecule has 1 heterocycles. The Balaban J connectivity index is 0.00000312. The Morgan fingerprint density at radius 1 is 1.36 bits per heavy atom. The fourth-order valence-electron chi connectivity index (χ4n) is 2.94. The van der Waals surface area contributed by atoms with Gasteiger partial charge < -0.3 is 19.7 Å². The summed E-state index contributed by atoms with van der Waals surface area (Å²) < 4.78 is 11.2. The van der Waals surface area contributed by atoms with Gasteiger partial charge in [0.2, 0.25) is 0 Å². The molecule has 6 heteroatoms. The summed E-state index contributed by atoms with van der Waals surface area (Å²) in [5, 5.41) is 3.37. The van der Waals surface area contributed by atoms with E-state index in [9.17, 15) is 0 Å². The molecule has 0 aromatic heterocycles. The van der Waals surface area contributed by atoms with E-state index in [0.29, 0.717) is 6.61 Å². The number of rotatable bonds is 7. The molecule has 0 atom stereocenters. The van der Waals surface area contributed by atoms with Gasteiger partial charge in [0.15, 0.2) is 5.96 Å². The molecule has 0 spiro atoms. The zero-order chi connectivity index (χ0) is 17.2. The standard InChI is InChI=1S/C19H31N3O2.HI/c1-16-5-4-6-18(15-16)24-14-10-21-19(20-2)22(3)11-7-17-8-12-23-13-9-17;/h4-6,15,17H,7-14H2,1-3H3,(H,20,21);1H. The summed E-state index contributed by atoms with van der Waals surface area (Å²) in [5.41, 5.74) is 1.21. The molecular formula is C19H32IN3O2. The Labute approximate surface area is 169 Å². The number of hydrogen-bond donors (Lipinski definition) is 1. The number of aryl methyl sites for hydroxylation is 1. The van der Waals surface area contributed by atoms with Gasteiger partial charge in [0.25, 0.3) is 0 Å². The Bertz CT molecular complexity index is 519. The third-order valence-corrected chi connectivity index (χ3v) is 4.43. The summed E-state index contributed by atoms with van der Waals surface area (Å²) in [6.07, 6.45) is 3.56. The molecule has 1 aromatic rings. The zero-order valence-electron chi connectivity index (χ0n) is 15.7. The van der Waals surface area contributed by atoms with Crippen molar-refractivity contribution in [2.75, 3.05) is 47.0 Å². The first-order valence-corrected chi connectivity index (χ1v) is 8.88. The van der Waals surface area contributed by atoms with Crippen molar-refractivity contribution < 1.29 is 9.47 Å². The van der Waals surface area contributed by atoms with Crippen LogP contribution in [0.1, 0.15) is 24.8 Å². The molecule has 1 fully saturated rings. The van der Waals surface area contributed by atoms with Gasteiger partial charge in [0.1, 0.15) is 12.4 Å². The highest BCUT2D eigenvalue weighted by atomic mass is 127. The number of aliphatic imine (C=N–C) groups is 1. The molecule has 0 amide bonds. The number of guanidine groups is 1. The van der Waals surface area contributed by atoms with E-state index in [4.69, 9.17) is 9.47 Å². The highest BCUT2D eigenvalue weighted by Crippen LogP contribution is 2.18. The van der Waals surface area contributed by atoms with Crippen LogP contribution in [-0.2, 0) is 4.74 Å². The van der Waals surface area contributed by atoms with Crippen LogP contribution in [-0.4, -0.2) is 57.9 Å². The molecule has 1 aliphatic heterocycles. The van der Waals surface area contributed by atoms with Crippen LogP contribution in [0.4, 0.5) is 0 Å². The molecular weight excluding hydrogens is 429 g/mol. The van der Waals surface area contributed by atoms with E-state index in [1.54, 1.807) is 0 Å². The van der Waals surface area contributed by atoms with E-state index < -0.39 is 0 Å². The quantitative estimate of drug-likeness (QED) is 0.293. The summed E-state index contributed by atoms with van der Waals surface area (Å²) in [4.78, 5) is 6.56. The van der Waals surface area contributed by atoms with Gasteiger partial charge in [-0.1, -0.05) is 12.1 Å². The minimum absolute atomic E-state index is 0. The lowest BCUT2D eigenvalue weighted by atomic mass is 9.96. The molecule has 1 N–H and O–H groups in total. The lowest BCUT2D eigenvalue weighted by Gasteiger charge is -2.26. The maximum atomic E-state index is 5.77. The predicted molar refractivity (Wildman–Crippen MR) is 114 cm³/mol. The van der Waals surface area contributed by atoms with Crippen LogP contribution in [0.25, 0.3) is 0 Å². The number of halogens is 1. The third kappa shape index (κ3) is 8.27. The second-order valence-corrected chi connectivity index (χ2v) is 6.40. The van der Waals surface area contributed by atoms with Crippen molar-refractivity contribution in [3.8, 4) is 5.75 Å². The molecule has 0 bridgehead atoms. The topological polar surface area (TPSA) is 46.1 Å². The largest absolute Gasteiger partial charge is 0.492 e. The molecule has 5 nitrogen and oxygen atoms in total. The first-order valence-electron chi connectivity index (χ1n) is 8.88. The Morgan fingerprint density at radius 3 is 2.80 bits per heavy atom. The third-order valence-electron chi connectivity index (χ3n) is 4.43. The molecule has 1 aliphatic rings. The summed E-state index contributed by atoms with van der Waals surface area (Å²) in [6, 6.07) is 8.12. The number of hydrogen-bond acceptors (Lipinski definition) is 3. The summed E-state index contributed by atoms with van der Waals surface area (Å²) in [7, 11) is 3.92. The van der Waals surface area contributed by atoms with Crippen molar-refractivity contribution in [3.05, 3.63) is 29.8 Å². The van der Waals surface area contributed by atoms with Crippen molar-refractivity contribution in [2.45, 2.75) is 26.2 Å². The van der Waals surface area contributed by atoms with Gasteiger partial charge in [0, 0.05) is 33.9 Å². The van der Waals surface area contributed by atoms with Crippen molar-refractivity contribution >= 4 is 29.9 Å². The van der Waals surface area contributed by atoms with Crippen molar-refractivity contribution in [1.29, 1.82) is 0 Å². The average molecular weight is 461 g/mol.